The molecule has 28 heavy (non-hydrogen) atoms. The fraction of sp³-hybridized carbons (Fsp3) is 0.435. The van der Waals surface area contributed by atoms with E-state index in [9.17, 15) is 0 Å². The molecule has 3 aliphatic heterocycles. The number of nitrogens with one attached hydrogen (secondary N) is 2. The SMILES string of the molecule is C=C/C=C(/CN=C1Nc2ccccc2NC12CCSCC2)C(=C)N1CCCC1. The van der Waals surface area contributed by atoms with Gasteiger partial charge in [-0.25, -0.2) is 0 Å². The van der Waals surface area contributed by atoms with Crippen molar-refractivity contribution in [2.75, 3.05) is 41.8 Å². The molecule has 5 heteroatoms. The minimum atomic E-state index is -0.0894. The summed E-state index contributed by atoms with van der Waals surface area (Å²) in [5.41, 5.74) is 4.45. The number of hydrogen-bond acceptors (Lipinski definition) is 4. The summed E-state index contributed by atoms with van der Waals surface area (Å²) in [7, 11) is 0. The third-order valence-electron chi connectivity index (χ3n) is 5.94. The second-order valence-electron chi connectivity index (χ2n) is 7.72. The predicted molar refractivity (Wildman–Crippen MR) is 124 cm³/mol. The second kappa shape index (κ2) is 8.48. The molecule has 3 heterocycles. The lowest BCUT2D eigenvalue weighted by atomic mass is 9.87. The summed E-state index contributed by atoms with van der Waals surface area (Å²) in [5.74, 6) is 3.38. The Kier molecular flexibility index (Phi) is 5.81. The first kappa shape index (κ1) is 19.2. The van der Waals surface area contributed by atoms with Gasteiger partial charge in [0.1, 0.15) is 5.84 Å². The lowest BCUT2D eigenvalue weighted by molar-refractivity contribution is 0.435. The van der Waals surface area contributed by atoms with Gasteiger partial charge in [0.15, 0.2) is 0 Å². The van der Waals surface area contributed by atoms with E-state index in [1.807, 2.05) is 17.8 Å². The average Bonchev–Trinajstić information content (AvgIpc) is 3.26. The normalized spacial score (nSPS) is 22.5. The van der Waals surface area contributed by atoms with Gasteiger partial charge in [-0.2, -0.15) is 11.8 Å². The molecule has 0 amide bonds. The van der Waals surface area contributed by atoms with Crippen LogP contribution in [0.25, 0.3) is 0 Å². The van der Waals surface area contributed by atoms with Crippen molar-refractivity contribution < 1.29 is 0 Å². The third-order valence-corrected chi connectivity index (χ3v) is 6.92. The van der Waals surface area contributed by atoms with Crippen molar-refractivity contribution in [1.29, 1.82) is 0 Å². The highest BCUT2D eigenvalue weighted by Crippen LogP contribution is 2.38. The van der Waals surface area contributed by atoms with Crippen molar-refractivity contribution in [2.24, 2.45) is 4.99 Å². The Labute approximate surface area is 172 Å². The van der Waals surface area contributed by atoms with E-state index < -0.39 is 0 Å². The van der Waals surface area contributed by atoms with Crippen LogP contribution in [0.3, 0.4) is 0 Å². The van der Waals surface area contributed by atoms with Gasteiger partial charge in [-0.3, -0.25) is 4.99 Å². The first-order valence-electron chi connectivity index (χ1n) is 10.2. The van der Waals surface area contributed by atoms with Gasteiger partial charge >= 0.3 is 0 Å². The number of benzene rings is 1. The highest BCUT2D eigenvalue weighted by atomic mass is 32.2. The summed E-state index contributed by atoms with van der Waals surface area (Å²) in [4.78, 5) is 7.48. The summed E-state index contributed by atoms with van der Waals surface area (Å²) in [5, 5.41) is 7.47. The van der Waals surface area contributed by atoms with Gasteiger partial charge in [-0.15, -0.1) is 0 Å². The van der Waals surface area contributed by atoms with E-state index in [4.69, 9.17) is 4.99 Å². The molecule has 0 aliphatic carbocycles. The topological polar surface area (TPSA) is 39.7 Å². The Morgan fingerprint density at radius 1 is 1.18 bits per heavy atom. The van der Waals surface area contributed by atoms with Gasteiger partial charge in [0.2, 0.25) is 0 Å². The van der Waals surface area contributed by atoms with Crippen LogP contribution < -0.4 is 10.6 Å². The predicted octanol–water partition coefficient (Wildman–Crippen LogP) is 4.91. The largest absolute Gasteiger partial charge is 0.372 e. The molecule has 0 atom stereocenters. The van der Waals surface area contributed by atoms with Gasteiger partial charge in [-0.1, -0.05) is 37.4 Å². The first-order valence-corrected chi connectivity index (χ1v) is 11.4. The number of thioether (sulfide) groups is 1. The Morgan fingerprint density at radius 3 is 2.61 bits per heavy atom. The molecule has 1 aromatic rings. The Balaban J connectivity index is 1.60. The van der Waals surface area contributed by atoms with Crippen LogP contribution in [0.1, 0.15) is 25.7 Å². The monoisotopic (exact) mass is 394 g/mol. The highest BCUT2D eigenvalue weighted by Gasteiger charge is 2.41. The zero-order chi connectivity index (χ0) is 19.4. The van der Waals surface area contributed by atoms with Crippen LogP contribution in [-0.2, 0) is 0 Å². The zero-order valence-corrected chi connectivity index (χ0v) is 17.4. The standard InChI is InChI=1S/C23H30N4S/c1-3-8-19(18(2)27-13-6-7-14-27)17-24-22-23(11-15-28-16-12-23)26-21-10-5-4-9-20(21)25-22/h3-5,8-10,26H,1-2,6-7,11-17H2,(H,24,25)/b19-8-. The number of allylic oxidation sites excluding steroid dienone is 2. The van der Waals surface area contributed by atoms with Gasteiger partial charge in [0.05, 0.1) is 23.5 Å². The molecular formula is C23H30N4S. The number of fused-ring (bicyclic) bond motifs is 1. The fourth-order valence-corrected chi connectivity index (χ4v) is 5.46. The second-order valence-corrected chi connectivity index (χ2v) is 8.95. The van der Waals surface area contributed by atoms with Crippen LogP contribution in [0, 0.1) is 0 Å². The van der Waals surface area contributed by atoms with Crippen LogP contribution in [0.15, 0.2) is 65.8 Å². The van der Waals surface area contributed by atoms with E-state index in [-0.39, 0.29) is 5.54 Å². The summed E-state index contributed by atoms with van der Waals surface area (Å²) >= 11 is 2.03. The Morgan fingerprint density at radius 2 is 1.89 bits per heavy atom. The maximum absolute atomic E-state index is 5.10. The number of hydrogen-bond donors (Lipinski definition) is 2. The highest BCUT2D eigenvalue weighted by molar-refractivity contribution is 7.99. The van der Waals surface area contributed by atoms with Crippen LogP contribution in [-0.4, -0.2) is 47.4 Å². The van der Waals surface area contributed by atoms with Crippen LogP contribution in [0.4, 0.5) is 11.4 Å². The van der Waals surface area contributed by atoms with E-state index in [1.54, 1.807) is 0 Å². The summed E-state index contributed by atoms with van der Waals surface area (Å²) in [6.07, 6.45) is 8.59. The minimum absolute atomic E-state index is 0.0894. The quantitative estimate of drug-likeness (QED) is 0.696. The molecule has 4 nitrogen and oxygen atoms in total. The van der Waals surface area contributed by atoms with Crippen molar-refractivity contribution in [1.82, 2.24) is 4.90 Å². The fourth-order valence-electron chi connectivity index (χ4n) is 4.27. The van der Waals surface area contributed by atoms with Crippen LogP contribution in [0.2, 0.25) is 0 Å². The molecule has 0 bridgehead atoms. The van der Waals surface area contributed by atoms with Crippen molar-refractivity contribution in [3.05, 3.63) is 60.8 Å². The third kappa shape index (κ3) is 3.86. The van der Waals surface area contributed by atoms with Crippen LogP contribution >= 0.6 is 11.8 Å². The number of amidine groups is 1. The van der Waals surface area contributed by atoms with Crippen molar-refractivity contribution in [3.8, 4) is 0 Å². The molecule has 3 aliphatic rings. The molecular weight excluding hydrogens is 364 g/mol. The van der Waals surface area contributed by atoms with Gasteiger partial charge in [0.25, 0.3) is 0 Å². The maximum atomic E-state index is 5.10. The molecule has 0 aromatic heterocycles. The lowest BCUT2D eigenvalue weighted by Gasteiger charge is -2.43. The first-order chi connectivity index (χ1) is 13.7. The van der Waals surface area contributed by atoms with Gasteiger partial charge < -0.3 is 15.5 Å². The smallest absolute Gasteiger partial charge is 0.127 e. The molecule has 2 N–H and O–H groups in total. The molecule has 2 saturated heterocycles. The molecule has 4 rings (SSSR count). The number of anilines is 2. The van der Waals surface area contributed by atoms with E-state index in [0.717, 1.165) is 60.2 Å². The minimum Gasteiger partial charge on any atom is -0.372 e. The van der Waals surface area contributed by atoms with Crippen LogP contribution in [0.5, 0.6) is 0 Å². The maximum Gasteiger partial charge on any atom is 0.127 e. The summed E-state index contributed by atoms with van der Waals surface area (Å²) in [6.45, 7) is 11.1. The van der Waals surface area contributed by atoms with E-state index in [0.29, 0.717) is 6.54 Å². The van der Waals surface area contributed by atoms with E-state index in [1.165, 1.54) is 18.5 Å². The number of nitrogens with zero attached hydrogens (tertiary/aromatic N) is 2. The van der Waals surface area contributed by atoms with Crippen molar-refractivity contribution >= 4 is 29.0 Å². The zero-order valence-electron chi connectivity index (χ0n) is 16.5. The van der Waals surface area contributed by atoms with E-state index >= 15 is 0 Å². The molecule has 0 saturated carbocycles. The molecule has 2 fully saturated rings. The number of likely N-dealkylation sites (tertiary alicyclic amines) is 1. The lowest BCUT2D eigenvalue weighted by Crippen LogP contribution is -2.54. The summed E-state index contributed by atoms with van der Waals surface area (Å²) in [6, 6.07) is 8.43. The Hall–Kier alpha value is -2.14. The Bertz CT molecular complexity index is 799. The molecule has 0 radical (unpaired) electrons. The number of para-hydroxylation sites is 2. The van der Waals surface area contributed by atoms with Gasteiger partial charge in [0, 0.05) is 18.8 Å². The number of rotatable bonds is 5. The molecule has 148 valence electrons. The van der Waals surface area contributed by atoms with E-state index in [2.05, 4.69) is 59.0 Å². The average molecular weight is 395 g/mol. The molecule has 1 aromatic carbocycles. The van der Waals surface area contributed by atoms with Gasteiger partial charge in [-0.05, 0) is 54.9 Å². The molecule has 0 unspecified atom stereocenters. The van der Waals surface area contributed by atoms with Crippen molar-refractivity contribution in [3.63, 3.8) is 0 Å². The van der Waals surface area contributed by atoms with Crippen molar-refractivity contribution in [2.45, 2.75) is 31.2 Å². The number of aliphatic imine (C=N–C) groups is 1. The summed E-state index contributed by atoms with van der Waals surface area (Å²) < 4.78 is 0. The molecule has 1 spiro atoms.